The molecule has 2 amide bonds. The number of hydrogen-bond donors (Lipinski definition) is 15. The summed E-state index contributed by atoms with van der Waals surface area (Å²) in [5.74, 6) is -1.00. The van der Waals surface area contributed by atoms with Gasteiger partial charge in [0.25, 0.3) is 0 Å². The second kappa shape index (κ2) is 50.0. The van der Waals surface area contributed by atoms with E-state index in [1.807, 2.05) is 6.08 Å². The van der Waals surface area contributed by atoms with E-state index in [-0.39, 0.29) is 12.3 Å². The van der Waals surface area contributed by atoms with Crippen LogP contribution < -0.4 is 10.6 Å². The Balaban J connectivity index is 1.28. The Kier molecular flexibility index (Phi) is 44.7. The molecule has 4 saturated heterocycles. The zero-order valence-corrected chi connectivity index (χ0v) is 57.5. The molecule has 95 heavy (non-hydrogen) atoms. The van der Waals surface area contributed by atoms with Gasteiger partial charge in [-0.05, 0) is 44.9 Å². The van der Waals surface area contributed by atoms with Crippen molar-refractivity contribution in [2.45, 2.75) is 374 Å². The van der Waals surface area contributed by atoms with E-state index in [2.05, 4.69) is 36.6 Å². The minimum absolute atomic E-state index is 0.215. The van der Waals surface area contributed by atoms with Crippen LogP contribution in [0.5, 0.6) is 0 Å². The summed E-state index contributed by atoms with van der Waals surface area (Å²) in [5.41, 5.74) is 0. The molecule has 556 valence electrons. The first-order valence-electron chi connectivity index (χ1n) is 36.6. The summed E-state index contributed by atoms with van der Waals surface area (Å²) in [6.45, 7) is 1.63. The lowest BCUT2D eigenvalue weighted by molar-refractivity contribution is -0.386. The first-order valence-corrected chi connectivity index (χ1v) is 36.6. The lowest BCUT2D eigenvalue weighted by Gasteiger charge is -2.49. The second-order valence-corrected chi connectivity index (χ2v) is 26.8. The van der Waals surface area contributed by atoms with Gasteiger partial charge < -0.3 is 115 Å². The van der Waals surface area contributed by atoms with Crippen LogP contribution in [0, 0.1) is 0 Å². The van der Waals surface area contributed by atoms with Gasteiger partial charge in [0.15, 0.2) is 25.2 Å². The van der Waals surface area contributed by atoms with Crippen molar-refractivity contribution < 1.29 is 114 Å². The number of carbonyl (C=O) groups excluding carboxylic acids is 2. The SMILES string of the molecule is CCCCCCCC/C=C\CCCCCCCCCCCCCCCC(=O)N[C@@H](CO[C@@H]1OC(CO)[C@@H](O[C@@H]2OC(CO)[C@H](O[C@@H]3OC(CO)[C@H](O)[C@H](O[C@@H]4OC(CO)[C@@H](O)[C@H](O)C4NC(C)=O)C3O)[C@H](O)C2O)[C@H](O)C1O)[C@H](O)/C=C/CCCCCCCCCCCCC. The molecular formula is C70H128N2O23. The molecule has 4 rings (SSSR count). The summed E-state index contributed by atoms with van der Waals surface area (Å²) in [4.78, 5) is 25.5. The van der Waals surface area contributed by atoms with Gasteiger partial charge in [-0.1, -0.05) is 205 Å². The zero-order valence-electron chi connectivity index (χ0n) is 57.5. The molecule has 0 spiro atoms. The molecule has 0 radical (unpaired) electrons. The number of aliphatic hydroxyl groups excluding tert-OH is 13. The highest BCUT2D eigenvalue weighted by Crippen LogP contribution is 2.35. The average Bonchev–Trinajstić information content (AvgIpc) is 0.785. The summed E-state index contributed by atoms with van der Waals surface area (Å²) in [6.07, 6.45) is 12.4. The van der Waals surface area contributed by atoms with Gasteiger partial charge in [-0.2, -0.15) is 0 Å². The van der Waals surface area contributed by atoms with Crippen LogP contribution in [0.4, 0.5) is 0 Å². The van der Waals surface area contributed by atoms with E-state index in [1.165, 1.54) is 154 Å². The smallest absolute Gasteiger partial charge is 0.220 e. The Morgan fingerprint density at radius 2 is 0.779 bits per heavy atom. The Bertz CT molecular complexity index is 2010. The van der Waals surface area contributed by atoms with Crippen LogP contribution >= 0.6 is 0 Å². The monoisotopic (exact) mass is 1360 g/mol. The Hall–Kier alpha value is -2.42. The van der Waals surface area contributed by atoms with Gasteiger partial charge in [0, 0.05) is 13.3 Å². The predicted molar refractivity (Wildman–Crippen MR) is 354 cm³/mol. The number of aliphatic hydroxyl groups is 13. The van der Waals surface area contributed by atoms with Crippen molar-refractivity contribution in [3.63, 3.8) is 0 Å². The van der Waals surface area contributed by atoms with E-state index in [1.54, 1.807) is 6.08 Å². The molecule has 4 fully saturated rings. The van der Waals surface area contributed by atoms with E-state index < -0.39 is 174 Å². The Morgan fingerprint density at radius 1 is 0.411 bits per heavy atom. The number of allylic oxidation sites excluding steroid dienone is 3. The highest BCUT2D eigenvalue weighted by atomic mass is 16.8. The summed E-state index contributed by atoms with van der Waals surface area (Å²) < 4.78 is 46.5. The standard InChI is InChI=1S/C70H128N2O23/c1-4-6-8-10-12-14-16-18-19-20-21-22-23-24-25-26-27-29-31-33-35-37-39-41-54(79)72-48(49(78)40-38-36-34-32-30-28-17-15-13-11-9-7-5-2)46-88-68-61(85)59(83)64(52(44-75)91-68)93-69-62(86)60(84)65(53(45-76)92-69)94-70-63(87)66(57(81)51(43-74)90-70)95-67-55(71-47(3)77)58(82)56(80)50(42-73)89-67/h18-19,38,40,48-53,55-70,73-76,78,80-87H,4-17,20-37,39,41-46H2,1-3H3,(H,71,77)(H,72,79)/b19-18-,40-38+/t48-,49+,50?,51?,52?,53?,55?,56+,57-,58+,59+,60+,61?,62?,63?,64+,65-,66-,67-,68+,69-,70-/m0/s1. The average molecular weight is 1370 g/mol. The number of carbonyl (C=O) groups is 2. The van der Waals surface area contributed by atoms with Crippen LogP contribution in [0.2, 0.25) is 0 Å². The lowest BCUT2D eigenvalue weighted by Crippen LogP contribution is -2.69. The fourth-order valence-electron chi connectivity index (χ4n) is 12.8. The molecule has 8 unspecified atom stereocenters. The molecule has 4 aliphatic rings. The molecule has 22 atom stereocenters. The van der Waals surface area contributed by atoms with Crippen molar-refractivity contribution in [1.82, 2.24) is 10.6 Å². The summed E-state index contributed by atoms with van der Waals surface area (Å²) >= 11 is 0. The number of ether oxygens (including phenoxy) is 8. The molecule has 25 heteroatoms. The van der Waals surface area contributed by atoms with Crippen molar-refractivity contribution in [1.29, 1.82) is 0 Å². The summed E-state index contributed by atoms with van der Waals surface area (Å²) in [5, 5.41) is 148. The molecule has 4 heterocycles. The number of hydrogen-bond acceptors (Lipinski definition) is 23. The maximum absolute atomic E-state index is 13.5. The molecule has 4 aliphatic heterocycles. The Labute approximate surface area is 565 Å². The quantitative estimate of drug-likeness (QED) is 0.0290. The van der Waals surface area contributed by atoms with Gasteiger partial charge in [0.1, 0.15) is 97.6 Å². The normalized spacial score (nSPS) is 32.1. The summed E-state index contributed by atoms with van der Waals surface area (Å²) in [7, 11) is 0. The first-order chi connectivity index (χ1) is 46.0. The molecule has 0 aliphatic carbocycles. The van der Waals surface area contributed by atoms with E-state index in [9.17, 15) is 76.0 Å². The third-order valence-corrected chi connectivity index (χ3v) is 18.8. The van der Waals surface area contributed by atoms with Crippen LogP contribution in [0.15, 0.2) is 24.3 Å². The largest absolute Gasteiger partial charge is 0.394 e. The first kappa shape index (κ1) is 85.0. The van der Waals surface area contributed by atoms with Crippen molar-refractivity contribution in [3.05, 3.63) is 24.3 Å². The molecule has 0 saturated carbocycles. The van der Waals surface area contributed by atoms with Crippen molar-refractivity contribution in [2.75, 3.05) is 33.0 Å². The molecule has 0 aromatic rings. The van der Waals surface area contributed by atoms with E-state index >= 15 is 0 Å². The van der Waals surface area contributed by atoms with Gasteiger partial charge in [0.05, 0.1) is 45.2 Å². The third-order valence-electron chi connectivity index (χ3n) is 18.8. The lowest BCUT2D eigenvalue weighted by atomic mass is 9.95. The minimum Gasteiger partial charge on any atom is -0.394 e. The number of unbranched alkanes of at least 4 members (excludes halogenated alkanes) is 30. The van der Waals surface area contributed by atoms with Gasteiger partial charge in [0.2, 0.25) is 11.8 Å². The van der Waals surface area contributed by atoms with Crippen LogP contribution in [0.3, 0.4) is 0 Å². The van der Waals surface area contributed by atoms with Crippen LogP contribution in [-0.2, 0) is 47.5 Å². The number of rotatable bonds is 52. The second-order valence-electron chi connectivity index (χ2n) is 26.8. The fraction of sp³-hybridized carbons (Fsp3) is 0.914. The third kappa shape index (κ3) is 30.8. The molecule has 0 aromatic carbocycles. The molecule has 0 bridgehead atoms. The number of nitrogens with one attached hydrogen (secondary N) is 2. The van der Waals surface area contributed by atoms with E-state index in [4.69, 9.17) is 37.9 Å². The van der Waals surface area contributed by atoms with E-state index in [0.29, 0.717) is 12.8 Å². The summed E-state index contributed by atoms with van der Waals surface area (Å²) in [6, 6.07) is -2.53. The topological polar surface area (TPSA) is 395 Å². The van der Waals surface area contributed by atoms with Crippen molar-refractivity contribution in [3.8, 4) is 0 Å². The van der Waals surface area contributed by atoms with E-state index in [0.717, 1.165) is 51.9 Å². The van der Waals surface area contributed by atoms with Crippen molar-refractivity contribution >= 4 is 11.8 Å². The maximum Gasteiger partial charge on any atom is 0.220 e. The highest BCUT2D eigenvalue weighted by molar-refractivity contribution is 5.76. The van der Waals surface area contributed by atoms with Crippen LogP contribution in [-0.4, -0.2) is 246 Å². The predicted octanol–water partition coefficient (Wildman–Crippen LogP) is 4.68. The van der Waals surface area contributed by atoms with Gasteiger partial charge in [-0.25, -0.2) is 0 Å². The Morgan fingerprint density at radius 3 is 1.23 bits per heavy atom. The maximum atomic E-state index is 13.5. The van der Waals surface area contributed by atoms with Gasteiger partial charge >= 0.3 is 0 Å². The number of amides is 2. The van der Waals surface area contributed by atoms with Crippen LogP contribution in [0.25, 0.3) is 0 Å². The van der Waals surface area contributed by atoms with Crippen molar-refractivity contribution in [2.24, 2.45) is 0 Å². The molecular weight excluding hydrogens is 1240 g/mol. The van der Waals surface area contributed by atoms with Gasteiger partial charge in [-0.15, -0.1) is 0 Å². The fourth-order valence-corrected chi connectivity index (χ4v) is 12.8. The minimum atomic E-state index is -2.10. The highest BCUT2D eigenvalue weighted by Gasteiger charge is 2.56. The van der Waals surface area contributed by atoms with Gasteiger partial charge in [-0.3, -0.25) is 9.59 Å². The molecule has 25 nitrogen and oxygen atoms in total. The molecule has 15 N–H and O–H groups in total. The zero-order chi connectivity index (χ0) is 69.3. The molecule has 0 aromatic heterocycles. The van der Waals surface area contributed by atoms with Crippen LogP contribution in [0.1, 0.15) is 239 Å².